The van der Waals surface area contributed by atoms with Gasteiger partial charge in [-0.2, -0.15) is 0 Å². The second-order valence-corrected chi connectivity index (χ2v) is 4.79. The van der Waals surface area contributed by atoms with E-state index in [4.69, 9.17) is 10.5 Å². The Balaban J connectivity index is 0.00000324. The minimum absolute atomic E-state index is 0. The van der Waals surface area contributed by atoms with Crippen LogP contribution in [-0.4, -0.2) is 24.1 Å². The van der Waals surface area contributed by atoms with Gasteiger partial charge in [0.1, 0.15) is 11.6 Å². The Hall–Kier alpha value is -1.33. The van der Waals surface area contributed by atoms with Crippen molar-refractivity contribution in [3.05, 3.63) is 30.1 Å². The van der Waals surface area contributed by atoms with Gasteiger partial charge in [-0.25, -0.2) is 4.39 Å². The summed E-state index contributed by atoms with van der Waals surface area (Å²) in [5.74, 6) is -0.361. The first kappa shape index (κ1) is 17.7. The van der Waals surface area contributed by atoms with E-state index in [-0.39, 0.29) is 18.3 Å². The van der Waals surface area contributed by atoms with Crippen molar-refractivity contribution in [3.8, 4) is 5.75 Å². The molecule has 1 rings (SSSR count). The van der Waals surface area contributed by atoms with Crippen LogP contribution in [0.3, 0.4) is 0 Å². The zero-order valence-electron chi connectivity index (χ0n) is 11.3. The number of hydrogen-bond acceptors (Lipinski definition) is 3. The lowest BCUT2D eigenvalue weighted by Crippen LogP contribution is -2.52. The number of nitrogens with one attached hydrogen (secondary N) is 1. The summed E-state index contributed by atoms with van der Waals surface area (Å²) in [5.41, 5.74) is 5.03. The first-order valence-corrected chi connectivity index (χ1v) is 5.78. The number of halogens is 2. The molecule has 19 heavy (non-hydrogen) atoms. The lowest BCUT2D eigenvalue weighted by Gasteiger charge is -2.26. The number of hydrogen-bond donors (Lipinski definition) is 2. The standard InChI is InChI=1S/C13H19FN2O2.ClH/c1-9(12(17)16-13(2,3)8-15)18-11-6-4-5-10(14)7-11;/h4-7,9H,8,15H2,1-3H3,(H,16,17);1H. The van der Waals surface area contributed by atoms with E-state index < -0.39 is 17.5 Å². The molecule has 6 heteroatoms. The van der Waals surface area contributed by atoms with Gasteiger partial charge in [0.2, 0.25) is 0 Å². The predicted molar refractivity (Wildman–Crippen MR) is 75.0 cm³/mol. The fraction of sp³-hybridized carbons (Fsp3) is 0.462. The molecule has 0 radical (unpaired) electrons. The second-order valence-electron chi connectivity index (χ2n) is 4.79. The molecule has 1 amide bonds. The molecule has 1 aromatic rings. The summed E-state index contributed by atoms with van der Waals surface area (Å²) in [5, 5.41) is 2.76. The Morgan fingerprint density at radius 2 is 2.16 bits per heavy atom. The minimum atomic E-state index is -0.711. The molecule has 0 aliphatic heterocycles. The third kappa shape index (κ3) is 5.89. The molecular weight excluding hydrogens is 271 g/mol. The average molecular weight is 291 g/mol. The summed E-state index contributed by atoms with van der Waals surface area (Å²) >= 11 is 0. The van der Waals surface area contributed by atoms with Crippen LogP contribution in [0.15, 0.2) is 24.3 Å². The van der Waals surface area contributed by atoms with Crippen LogP contribution in [0.5, 0.6) is 5.75 Å². The number of carbonyl (C=O) groups excluding carboxylic acids is 1. The molecule has 1 aromatic carbocycles. The highest BCUT2D eigenvalue weighted by molar-refractivity contribution is 5.85. The van der Waals surface area contributed by atoms with Crippen molar-refractivity contribution in [1.82, 2.24) is 5.32 Å². The monoisotopic (exact) mass is 290 g/mol. The van der Waals surface area contributed by atoms with Gasteiger partial charge in [0.05, 0.1) is 0 Å². The molecule has 1 atom stereocenters. The summed E-state index contributed by atoms with van der Waals surface area (Å²) < 4.78 is 18.3. The zero-order valence-corrected chi connectivity index (χ0v) is 12.1. The Labute approximate surface area is 118 Å². The molecule has 0 aliphatic carbocycles. The molecule has 0 saturated heterocycles. The van der Waals surface area contributed by atoms with Crippen LogP contribution in [0.2, 0.25) is 0 Å². The van der Waals surface area contributed by atoms with Crippen LogP contribution in [0, 0.1) is 5.82 Å². The highest BCUT2D eigenvalue weighted by Gasteiger charge is 2.23. The first-order chi connectivity index (χ1) is 8.34. The van der Waals surface area contributed by atoms with E-state index in [2.05, 4.69) is 5.32 Å². The second kappa shape index (κ2) is 7.31. The van der Waals surface area contributed by atoms with E-state index in [9.17, 15) is 9.18 Å². The maximum atomic E-state index is 12.9. The van der Waals surface area contributed by atoms with E-state index >= 15 is 0 Å². The number of rotatable bonds is 5. The summed E-state index contributed by atoms with van der Waals surface area (Å²) in [7, 11) is 0. The van der Waals surface area contributed by atoms with Gasteiger partial charge in [0, 0.05) is 18.2 Å². The van der Waals surface area contributed by atoms with Crippen LogP contribution in [0.25, 0.3) is 0 Å². The average Bonchev–Trinajstić information content (AvgIpc) is 2.28. The van der Waals surface area contributed by atoms with E-state index in [1.54, 1.807) is 13.0 Å². The molecule has 4 nitrogen and oxygen atoms in total. The fourth-order valence-corrected chi connectivity index (χ4v) is 1.28. The third-order valence-electron chi connectivity index (χ3n) is 2.45. The normalized spacial score (nSPS) is 12.3. The predicted octanol–water partition coefficient (Wildman–Crippen LogP) is 1.87. The van der Waals surface area contributed by atoms with Crippen LogP contribution >= 0.6 is 12.4 Å². The topological polar surface area (TPSA) is 64.3 Å². The fourth-order valence-electron chi connectivity index (χ4n) is 1.28. The molecule has 0 aromatic heterocycles. The van der Waals surface area contributed by atoms with Crippen molar-refractivity contribution in [2.45, 2.75) is 32.4 Å². The molecule has 0 heterocycles. The SMILES string of the molecule is CC(Oc1cccc(F)c1)C(=O)NC(C)(C)CN.Cl. The van der Waals surface area contributed by atoms with Crippen molar-refractivity contribution < 1.29 is 13.9 Å². The van der Waals surface area contributed by atoms with Gasteiger partial charge >= 0.3 is 0 Å². The summed E-state index contributed by atoms with van der Waals surface area (Å²) in [6, 6.07) is 5.67. The number of nitrogens with two attached hydrogens (primary N) is 1. The van der Waals surface area contributed by atoms with Gasteiger partial charge in [0.25, 0.3) is 5.91 Å². The number of ether oxygens (including phenoxy) is 1. The molecule has 0 fully saturated rings. The van der Waals surface area contributed by atoms with E-state index in [1.807, 2.05) is 13.8 Å². The highest BCUT2D eigenvalue weighted by atomic mass is 35.5. The Bertz CT molecular complexity index is 427. The van der Waals surface area contributed by atoms with Crippen molar-refractivity contribution in [2.24, 2.45) is 5.73 Å². The Morgan fingerprint density at radius 1 is 1.53 bits per heavy atom. The molecule has 3 N–H and O–H groups in total. The van der Waals surface area contributed by atoms with Crippen LogP contribution in [0.1, 0.15) is 20.8 Å². The molecular formula is C13H20ClFN2O2. The van der Waals surface area contributed by atoms with Crippen molar-refractivity contribution in [1.29, 1.82) is 0 Å². The molecule has 108 valence electrons. The Kier molecular flexibility index (Phi) is 6.79. The molecule has 0 saturated carbocycles. The molecule has 0 aliphatic rings. The van der Waals surface area contributed by atoms with E-state index in [0.717, 1.165) is 0 Å². The first-order valence-electron chi connectivity index (χ1n) is 5.78. The van der Waals surface area contributed by atoms with Gasteiger partial charge in [-0.05, 0) is 32.9 Å². The smallest absolute Gasteiger partial charge is 0.261 e. The number of carbonyl (C=O) groups is 1. The van der Waals surface area contributed by atoms with Gasteiger partial charge in [-0.3, -0.25) is 4.79 Å². The lowest BCUT2D eigenvalue weighted by atomic mass is 10.1. The summed E-state index contributed by atoms with van der Waals surface area (Å²) in [6.07, 6.45) is -0.711. The lowest BCUT2D eigenvalue weighted by molar-refractivity contribution is -0.128. The number of benzene rings is 1. The van der Waals surface area contributed by atoms with Crippen molar-refractivity contribution in [2.75, 3.05) is 6.54 Å². The van der Waals surface area contributed by atoms with Crippen LogP contribution in [-0.2, 0) is 4.79 Å². The van der Waals surface area contributed by atoms with Gasteiger partial charge in [-0.1, -0.05) is 6.07 Å². The number of amides is 1. The van der Waals surface area contributed by atoms with Crippen LogP contribution < -0.4 is 15.8 Å². The molecule has 0 spiro atoms. The van der Waals surface area contributed by atoms with Gasteiger partial charge in [-0.15, -0.1) is 12.4 Å². The third-order valence-corrected chi connectivity index (χ3v) is 2.45. The minimum Gasteiger partial charge on any atom is -0.481 e. The highest BCUT2D eigenvalue weighted by Crippen LogP contribution is 2.14. The quantitative estimate of drug-likeness (QED) is 0.870. The van der Waals surface area contributed by atoms with Crippen molar-refractivity contribution in [3.63, 3.8) is 0 Å². The summed E-state index contributed by atoms with van der Waals surface area (Å²) in [4.78, 5) is 11.8. The zero-order chi connectivity index (χ0) is 13.8. The van der Waals surface area contributed by atoms with Crippen LogP contribution in [0.4, 0.5) is 4.39 Å². The maximum absolute atomic E-state index is 12.9. The molecule has 1 unspecified atom stereocenters. The maximum Gasteiger partial charge on any atom is 0.261 e. The largest absolute Gasteiger partial charge is 0.481 e. The summed E-state index contributed by atoms with van der Waals surface area (Å²) in [6.45, 7) is 5.57. The van der Waals surface area contributed by atoms with Crippen molar-refractivity contribution >= 4 is 18.3 Å². The van der Waals surface area contributed by atoms with E-state index in [0.29, 0.717) is 12.3 Å². The van der Waals surface area contributed by atoms with E-state index in [1.165, 1.54) is 18.2 Å². The Morgan fingerprint density at radius 3 is 2.68 bits per heavy atom. The molecule has 0 bridgehead atoms. The van der Waals surface area contributed by atoms with Gasteiger partial charge < -0.3 is 15.8 Å². The van der Waals surface area contributed by atoms with Gasteiger partial charge in [0.15, 0.2) is 6.10 Å².